The molecule has 1 aromatic rings. The number of carbonyl (C=O) groups is 1. The van der Waals surface area contributed by atoms with Gasteiger partial charge in [-0.3, -0.25) is 4.79 Å². The van der Waals surface area contributed by atoms with Crippen LogP contribution in [0.2, 0.25) is 0 Å². The lowest BCUT2D eigenvalue weighted by Gasteiger charge is -2.23. The predicted molar refractivity (Wildman–Crippen MR) is 82.3 cm³/mol. The summed E-state index contributed by atoms with van der Waals surface area (Å²) in [4.78, 5) is 13.2. The van der Waals surface area contributed by atoms with E-state index in [0.29, 0.717) is 6.42 Å². The van der Waals surface area contributed by atoms with Crippen molar-refractivity contribution >= 4 is 17.2 Å². The largest absolute Gasteiger partial charge is 0.353 e. The minimum Gasteiger partial charge on any atom is -0.353 e. The van der Waals surface area contributed by atoms with Gasteiger partial charge in [0.25, 0.3) is 0 Å². The Balaban J connectivity index is 2.30. The minimum atomic E-state index is -0.0612. The van der Waals surface area contributed by atoms with Crippen LogP contribution in [0.25, 0.3) is 0 Å². The van der Waals surface area contributed by atoms with Crippen LogP contribution in [0.5, 0.6) is 0 Å². The molecular formula is C15H26N2OS. The summed E-state index contributed by atoms with van der Waals surface area (Å²) < 4.78 is 0. The van der Waals surface area contributed by atoms with Crippen molar-refractivity contribution in [3.8, 4) is 0 Å². The molecule has 0 aliphatic carbocycles. The quantitative estimate of drug-likeness (QED) is 0.843. The normalized spacial score (nSPS) is 15.0. The van der Waals surface area contributed by atoms with E-state index in [4.69, 9.17) is 5.73 Å². The Morgan fingerprint density at radius 2 is 2.16 bits per heavy atom. The van der Waals surface area contributed by atoms with Gasteiger partial charge in [0.2, 0.25) is 5.91 Å². The Hall–Kier alpha value is -0.870. The monoisotopic (exact) mass is 282 g/mol. The molecule has 0 bridgehead atoms. The van der Waals surface area contributed by atoms with Crippen molar-refractivity contribution in [3.63, 3.8) is 0 Å². The van der Waals surface area contributed by atoms with Crippen molar-refractivity contribution in [3.05, 3.63) is 22.4 Å². The fourth-order valence-corrected chi connectivity index (χ4v) is 3.05. The van der Waals surface area contributed by atoms with Crippen molar-refractivity contribution in [1.29, 1.82) is 0 Å². The van der Waals surface area contributed by atoms with Gasteiger partial charge < -0.3 is 11.1 Å². The van der Waals surface area contributed by atoms with Gasteiger partial charge in [0.1, 0.15) is 0 Å². The van der Waals surface area contributed by atoms with E-state index < -0.39 is 0 Å². The van der Waals surface area contributed by atoms with Crippen molar-refractivity contribution in [2.75, 3.05) is 0 Å². The molecule has 4 heteroatoms. The summed E-state index contributed by atoms with van der Waals surface area (Å²) in [5.41, 5.74) is 6.18. The Labute approximate surface area is 120 Å². The summed E-state index contributed by atoms with van der Waals surface area (Å²) in [6, 6.07) is 4.23. The van der Waals surface area contributed by atoms with Crippen LogP contribution < -0.4 is 11.1 Å². The number of rotatable bonds is 6. The smallest absolute Gasteiger partial charge is 0.221 e. The van der Waals surface area contributed by atoms with Crippen molar-refractivity contribution in [2.24, 2.45) is 11.1 Å². The molecule has 19 heavy (non-hydrogen) atoms. The average Bonchev–Trinajstić information content (AvgIpc) is 2.65. The van der Waals surface area contributed by atoms with Gasteiger partial charge in [0.15, 0.2) is 0 Å². The molecule has 2 atom stereocenters. The van der Waals surface area contributed by atoms with Gasteiger partial charge in [-0.25, -0.2) is 0 Å². The molecule has 0 saturated heterocycles. The number of nitrogens with two attached hydrogens (primary N) is 1. The van der Waals surface area contributed by atoms with E-state index >= 15 is 0 Å². The molecular weight excluding hydrogens is 256 g/mol. The summed E-state index contributed by atoms with van der Waals surface area (Å²) >= 11 is 1.72. The van der Waals surface area contributed by atoms with Gasteiger partial charge in [-0.2, -0.15) is 0 Å². The molecule has 0 aromatic carbocycles. The highest BCUT2D eigenvalue weighted by molar-refractivity contribution is 7.09. The van der Waals surface area contributed by atoms with E-state index in [2.05, 4.69) is 37.5 Å². The van der Waals surface area contributed by atoms with Crippen LogP contribution in [0, 0.1) is 5.41 Å². The molecule has 3 N–H and O–H groups in total. The van der Waals surface area contributed by atoms with Crippen LogP contribution >= 0.6 is 11.3 Å². The molecule has 0 aliphatic heterocycles. The molecule has 1 rings (SSSR count). The Morgan fingerprint density at radius 3 is 2.68 bits per heavy atom. The zero-order valence-corrected chi connectivity index (χ0v) is 13.2. The number of hydrogen-bond acceptors (Lipinski definition) is 3. The number of carbonyl (C=O) groups excluding carboxylic acids is 1. The van der Waals surface area contributed by atoms with Gasteiger partial charge in [-0.1, -0.05) is 26.8 Å². The van der Waals surface area contributed by atoms with Crippen LogP contribution in [-0.4, -0.2) is 18.0 Å². The molecule has 1 aromatic heterocycles. The zero-order chi connectivity index (χ0) is 14.5. The van der Waals surface area contributed by atoms with Gasteiger partial charge in [0.05, 0.1) is 0 Å². The topological polar surface area (TPSA) is 55.1 Å². The summed E-state index contributed by atoms with van der Waals surface area (Å²) in [5.74, 6) is 0.0563. The lowest BCUT2D eigenvalue weighted by Crippen LogP contribution is -2.38. The molecule has 0 saturated carbocycles. The first kappa shape index (κ1) is 16.2. The number of hydrogen-bond donors (Lipinski definition) is 2. The highest BCUT2D eigenvalue weighted by Gasteiger charge is 2.18. The summed E-state index contributed by atoms with van der Waals surface area (Å²) in [6.07, 6.45) is 2.16. The molecule has 0 aliphatic rings. The van der Waals surface area contributed by atoms with Crippen molar-refractivity contribution in [1.82, 2.24) is 5.32 Å². The third kappa shape index (κ3) is 7.33. The van der Waals surface area contributed by atoms with Gasteiger partial charge in [-0.15, -0.1) is 11.3 Å². The molecule has 108 valence electrons. The molecule has 3 nitrogen and oxygen atoms in total. The van der Waals surface area contributed by atoms with Crippen LogP contribution in [0.15, 0.2) is 17.5 Å². The first-order valence-corrected chi connectivity index (χ1v) is 7.71. The van der Waals surface area contributed by atoms with Crippen LogP contribution in [0.4, 0.5) is 0 Å². The molecule has 0 fully saturated rings. The first-order chi connectivity index (χ1) is 8.76. The second-order valence-electron chi connectivity index (χ2n) is 6.48. The summed E-state index contributed by atoms with van der Waals surface area (Å²) in [5, 5.41) is 5.08. The van der Waals surface area contributed by atoms with Crippen molar-refractivity contribution < 1.29 is 4.79 Å². The minimum absolute atomic E-state index is 0.0563. The van der Waals surface area contributed by atoms with E-state index in [9.17, 15) is 4.79 Å². The predicted octanol–water partition coefficient (Wildman–Crippen LogP) is 2.95. The highest BCUT2D eigenvalue weighted by atomic mass is 32.1. The van der Waals surface area contributed by atoms with Gasteiger partial charge >= 0.3 is 0 Å². The van der Waals surface area contributed by atoms with E-state index in [-0.39, 0.29) is 23.4 Å². The molecule has 0 radical (unpaired) electrons. The molecule has 0 spiro atoms. The number of thiophene rings is 1. The van der Waals surface area contributed by atoms with Crippen LogP contribution in [-0.2, 0) is 11.2 Å². The lowest BCUT2D eigenvalue weighted by atomic mass is 9.87. The fourth-order valence-electron chi connectivity index (χ4n) is 2.21. The standard InChI is InChI=1S/C15H26N2OS/c1-11(8-13-6-5-7-19-13)17-14(18)9-12(16)10-15(2,3)4/h5-7,11-12H,8-10,16H2,1-4H3,(H,17,18). The van der Waals surface area contributed by atoms with E-state index in [1.54, 1.807) is 11.3 Å². The van der Waals surface area contributed by atoms with E-state index in [1.807, 2.05) is 13.0 Å². The molecule has 1 heterocycles. The summed E-state index contributed by atoms with van der Waals surface area (Å²) in [7, 11) is 0. The Kier molecular flexibility index (Phi) is 6.01. The first-order valence-electron chi connectivity index (χ1n) is 6.83. The van der Waals surface area contributed by atoms with Gasteiger partial charge in [0, 0.05) is 29.8 Å². The molecule has 1 amide bonds. The number of amides is 1. The van der Waals surface area contributed by atoms with E-state index in [1.165, 1.54) is 4.88 Å². The van der Waals surface area contributed by atoms with Crippen LogP contribution in [0.3, 0.4) is 0 Å². The van der Waals surface area contributed by atoms with Crippen molar-refractivity contribution in [2.45, 2.75) is 59.0 Å². The Morgan fingerprint density at radius 1 is 1.47 bits per heavy atom. The van der Waals surface area contributed by atoms with Crippen LogP contribution in [0.1, 0.15) is 45.4 Å². The second kappa shape index (κ2) is 7.06. The Bertz CT molecular complexity index is 381. The maximum Gasteiger partial charge on any atom is 0.221 e. The average molecular weight is 282 g/mol. The SMILES string of the molecule is CC(Cc1cccs1)NC(=O)CC(N)CC(C)(C)C. The highest BCUT2D eigenvalue weighted by Crippen LogP contribution is 2.21. The number of nitrogens with one attached hydrogen (secondary N) is 1. The maximum atomic E-state index is 11.9. The third-order valence-corrected chi connectivity index (χ3v) is 3.72. The van der Waals surface area contributed by atoms with E-state index in [0.717, 1.165) is 12.8 Å². The molecule has 2 unspecified atom stereocenters. The third-order valence-electron chi connectivity index (χ3n) is 2.82. The maximum absolute atomic E-state index is 11.9. The zero-order valence-electron chi connectivity index (χ0n) is 12.4. The van der Waals surface area contributed by atoms with Gasteiger partial charge in [-0.05, 0) is 30.2 Å². The second-order valence-corrected chi connectivity index (χ2v) is 7.51. The summed E-state index contributed by atoms with van der Waals surface area (Å²) in [6.45, 7) is 8.46. The fraction of sp³-hybridized carbons (Fsp3) is 0.667. The lowest BCUT2D eigenvalue weighted by molar-refractivity contribution is -0.122.